The third-order valence-corrected chi connectivity index (χ3v) is 5.68. The van der Waals surface area contributed by atoms with Crippen LogP contribution in [0.15, 0.2) is 90.1 Å². The van der Waals surface area contributed by atoms with Crippen LogP contribution in [0.1, 0.15) is 28.7 Å². The van der Waals surface area contributed by atoms with Crippen molar-refractivity contribution in [1.82, 2.24) is 4.90 Å². The van der Waals surface area contributed by atoms with E-state index in [0.717, 1.165) is 36.3 Å². The Balaban J connectivity index is 1.40. The highest BCUT2D eigenvalue weighted by molar-refractivity contribution is 6.02. The summed E-state index contributed by atoms with van der Waals surface area (Å²) in [4.78, 5) is 8.09. The van der Waals surface area contributed by atoms with Crippen LogP contribution in [0.5, 0.6) is 0 Å². The lowest BCUT2D eigenvalue weighted by molar-refractivity contribution is 0.0322. The van der Waals surface area contributed by atoms with Crippen molar-refractivity contribution in [2.45, 2.75) is 38.5 Å². The van der Waals surface area contributed by atoms with Gasteiger partial charge in [-0.05, 0) is 30.0 Å². The summed E-state index contributed by atoms with van der Waals surface area (Å²) in [7, 11) is 0. The normalized spacial score (nSPS) is 16.7. The monoisotopic (exact) mass is 414 g/mol. The lowest BCUT2D eigenvalue weighted by Crippen LogP contribution is -2.38. The maximum absolute atomic E-state index is 10.8. The maximum Gasteiger partial charge on any atom is 0.145 e. The Morgan fingerprint density at radius 2 is 1.58 bits per heavy atom. The predicted molar refractivity (Wildman–Crippen MR) is 125 cm³/mol. The van der Waals surface area contributed by atoms with Crippen molar-refractivity contribution in [2.24, 2.45) is 5.16 Å². The zero-order valence-corrected chi connectivity index (χ0v) is 18.0. The maximum atomic E-state index is 10.8. The lowest BCUT2D eigenvalue weighted by Gasteiger charge is -2.27. The number of oxime groups is 1. The van der Waals surface area contributed by atoms with Crippen molar-refractivity contribution >= 4 is 5.71 Å². The summed E-state index contributed by atoms with van der Waals surface area (Å²) < 4.78 is 0. The van der Waals surface area contributed by atoms with E-state index in [0.29, 0.717) is 13.0 Å². The standard InChI is InChI=1S/C27H30N2O2/c1-21-10-8-9-15-26(21)27-17-25(31-28-27)20-29(18-23-13-6-3-7-14-23)19-24(30)16-22-11-4-2-5-12-22/h2-15,24-25,30H,16-20H2,1H3. The van der Waals surface area contributed by atoms with E-state index < -0.39 is 6.10 Å². The van der Waals surface area contributed by atoms with Crippen molar-refractivity contribution in [3.63, 3.8) is 0 Å². The van der Waals surface area contributed by atoms with Gasteiger partial charge in [0.2, 0.25) is 0 Å². The summed E-state index contributed by atoms with van der Waals surface area (Å²) in [6.45, 7) is 4.18. The van der Waals surface area contributed by atoms with Gasteiger partial charge in [-0.2, -0.15) is 0 Å². The second-order valence-electron chi connectivity index (χ2n) is 8.31. The van der Waals surface area contributed by atoms with Crippen LogP contribution in [-0.4, -0.2) is 41.0 Å². The summed E-state index contributed by atoms with van der Waals surface area (Å²) in [5.74, 6) is 0. The number of rotatable bonds is 9. The molecule has 0 aromatic heterocycles. The molecule has 1 N–H and O–H groups in total. The third kappa shape index (κ3) is 6.03. The van der Waals surface area contributed by atoms with Gasteiger partial charge in [0.1, 0.15) is 6.10 Å². The molecule has 0 saturated heterocycles. The van der Waals surface area contributed by atoms with Crippen LogP contribution in [-0.2, 0) is 17.8 Å². The largest absolute Gasteiger partial charge is 0.391 e. The summed E-state index contributed by atoms with van der Waals surface area (Å²) in [5, 5.41) is 15.2. The smallest absolute Gasteiger partial charge is 0.145 e. The average Bonchev–Trinajstić information content (AvgIpc) is 3.23. The second kappa shape index (κ2) is 10.4. The van der Waals surface area contributed by atoms with Gasteiger partial charge >= 0.3 is 0 Å². The fourth-order valence-electron chi connectivity index (χ4n) is 4.16. The minimum Gasteiger partial charge on any atom is -0.391 e. The number of aryl methyl sites for hydroxylation is 1. The van der Waals surface area contributed by atoms with Gasteiger partial charge in [-0.3, -0.25) is 4.90 Å². The molecule has 0 saturated carbocycles. The fourth-order valence-corrected chi connectivity index (χ4v) is 4.16. The molecule has 0 bridgehead atoms. The quantitative estimate of drug-likeness (QED) is 0.557. The first-order valence-corrected chi connectivity index (χ1v) is 10.9. The van der Waals surface area contributed by atoms with Crippen LogP contribution in [0.4, 0.5) is 0 Å². The Labute approximate surface area is 184 Å². The summed E-state index contributed by atoms with van der Waals surface area (Å²) >= 11 is 0. The number of aliphatic hydroxyl groups excluding tert-OH is 1. The molecule has 4 heteroatoms. The highest BCUT2D eigenvalue weighted by Crippen LogP contribution is 2.21. The van der Waals surface area contributed by atoms with Crippen LogP contribution in [0.2, 0.25) is 0 Å². The van der Waals surface area contributed by atoms with E-state index in [1.54, 1.807) is 0 Å². The Morgan fingerprint density at radius 3 is 2.29 bits per heavy atom. The minimum absolute atomic E-state index is 0.0118. The first-order chi connectivity index (χ1) is 15.2. The molecule has 1 heterocycles. The zero-order valence-electron chi connectivity index (χ0n) is 18.0. The molecule has 31 heavy (non-hydrogen) atoms. The van der Waals surface area contributed by atoms with Gasteiger partial charge in [-0.25, -0.2) is 0 Å². The number of benzene rings is 3. The summed E-state index contributed by atoms with van der Waals surface area (Å²) in [6.07, 6.45) is 0.972. The van der Waals surface area contributed by atoms with Crippen LogP contribution in [0, 0.1) is 6.92 Å². The molecule has 3 aromatic rings. The highest BCUT2D eigenvalue weighted by Gasteiger charge is 2.26. The number of hydrogen-bond acceptors (Lipinski definition) is 4. The van der Waals surface area contributed by atoms with Crippen LogP contribution in [0.25, 0.3) is 0 Å². The van der Waals surface area contributed by atoms with Crippen molar-refractivity contribution in [2.75, 3.05) is 13.1 Å². The SMILES string of the molecule is Cc1ccccc1C1=NOC(CN(Cc2ccccc2)CC(O)Cc2ccccc2)C1. The Hall–Kier alpha value is -2.95. The van der Waals surface area contributed by atoms with Gasteiger partial charge in [0.05, 0.1) is 11.8 Å². The number of hydrogen-bond donors (Lipinski definition) is 1. The molecule has 4 nitrogen and oxygen atoms in total. The first-order valence-electron chi connectivity index (χ1n) is 10.9. The molecular weight excluding hydrogens is 384 g/mol. The molecule has 1 aliphatic rings. The van der Waals surface area contributed by atoms with Gasteiger partial charge in [0.15, 0.2) is 0 Å². The van der Waals surface area contributed by atoms with Gasteiger partial charge in [-0.1, -0.05) is 90.1 Å². The Kier molecular flexibility index (Phi) is 7.13. The Bertz CT molecular complexity index is 988. The predicted octanol–water partition coefficient (Wildman–Crippen LogP) is 4.59. The summed E-state index contributed by atoms with van der Waals surface area (Å²) in [6, 6.07) is 28.8. The van der Waals surface area contributed by atoms with Crippen molar-refractivity contribution < 1.29 is 9.94 Å². The molecule has 0 radical (unpaired) electrons. The molecule has 4 rings (SSSR count). The van der Waals surface area contributed by atoms with Crippen molar-refractivity contribution in [3.05, 3.63) is 107 Å². The number of aliphatic hydroxyl groups is 1. The van der Waals surface area contributed by atoms with E-state index in [-0.39, 0.29) is 6.10 Å². The van der Waals surface area contributed by atoms with Gasteiger partial charge < -0.3 is 9.94 Å². The third-order valence-electron chi connectivity index (χ3n) is 5.68. The first kappa shape index (κ1) is 21.3. The molecular formula is C27H30N2O2. The molecule has 0 spiro atoms. The van der Waals surface area contributed by atoms with Crippen LogP contribution < -0.4 is 0 Å². The van der Waals surface area contributed by atoms with Crippen LogP contribution in [0.3, 0.4) is 0 Å². The van der Waals surface area contributed by atoms with E-state index in [1.807, 2.05) is 36.4 Å². The molecule has 2 atom stereocenters. The van der Waals surface area contributed by atoms with Crippen molar-refractivity contribution in [1.29, 1.82) is 0 Å². The summed E-state index contributed by atoms with van der Waals surface area (Å²) in [5.41, 5.74) is 5.76. The van der Waals surface area contributed by atoms with E-state index in [9.17, 15) is 5.11 Å². The minimum atomic E-state index is -0.440. The Morgan fingerprint density at radius 1 is 0.935 bits per heavy atom. The average molecular weight is 415 g/mol. The number of nitrogens with zero attached hydrogens (tertiary/aromatic N) is 2. The molecule has 0 amide bonds. The highest BCUT2D eigenvalue weighted by atomic mass is 16.6. The van der Waals surface area contributed by atoms with Gasteiger partial charge in [0.25, 0.3) is 0 Å². The topological polar surface area (TPSA) is 45.1 Å². The molecule has 0 fully saturated rings. The van der Waals surface area contributed by atoms with Crippen molar-refractivity contribution in [3.8, 4) is 0 Å². The van der Waals surface area contributed by atoms with E-state index in [2.05, 4.69) is 65.5 Å². The molecule has 3 aromatic carbocycles. The second-order valence-corrected chi connectivity index (χ2v) is 8.31. The lowest BCUT2D eigenvalue weighted by atomic mass is 10.00. The van der Waals surface area contributed by atoms with E-state index >= 15 is 0 Å². The molecule has 2 unspecified atom stereocenters. The van der Waals surface area contributed by atoms with Gasteiger partial charge in [-0.15, -0.1) is 0 Å². The zero-order chi connectivity index (χ0) is 21.5. The molecule has 0 aliphatic carbocycles. The van der Waals surface area contributed by atoms with Crippen LogP contribution >= 0.6 is 0 Å². The molecule has 160 valence electrons. The molecule has 1 aliphatic heterocycles. The van der Waals surface area contributed by atoms with Gasteiger partial charge in [0, 0.05) is 31.6 Å². The van der Waals surface area contributed by atoms with E-state index in [4.69, 9.17) is 4.84 Å². The van der Waals surface area contributed by atoms with E-state index in [1.165, 1.54) is 11.1 Å². The fraction of sp³-hybridized carbons (Fsp3) is 0.296.